The van der Waals surface area contributed by atoms with Gasteiger partial charge in [-0.1, -0.05) is 27.7 Å². The Morgan fingerprint density at radius 2 is 1.64 bits per heavy atom. The molecule has 1 rings (SSSR count). The van der Waals surface area contributed by atoms with Crippen molar-refractivity contribution < 1.29 is 5.11 Å². The van der Waals surface area contributed by atoms with Crippen LogP contribution in [0.3, 0.4) is 0 Å². The molecule has 1 N–H and O–H groups in total. The molecule has 0 aliphatic heterocycles. The summed E-state index contributed by atoms with van der Waals surface area (Å²) in [6, 6.07) is 2.15. The molecule has 1 fully saturated rings. The van der Waals surface area contributed by atoms with Crippen molar-refractivity contribution in [2.75, 3.05) is 0 Å². The van der Waals surface area contributed by atoms with Crippen LogP contribution in [0.1, 0.15) is 27.7 Å². The highest BCUT2D eigenvalue weighted by Gasteiger charge is 2.61. The van der Waals surface area contributed by atoms with Gasteiger partial charge in [0.2, 0.25) is 0 Å². The van der Waals surface area contributed by atoms with E-state index in [1.807, 2.05) is 27.7 Å². The highest BCUT2D eigenvalue weighted by Crippen LogP contribution is 2.59. The summed E-state index contributed by atoms with van der Waals surface area (Å²) in [7, 11) is 0. The fourth-order valence-corrected chi connectivity index (χ4v) is 1.73. The largest absolute Gasteiger partial charge is 0.391 e. The van der Waals surface area contributed by atoms with Crippen molar-refractivity contribution in [1.29, 1.82) is 5.26 Å². The first kappa shape index (κ1) is 8.55. The molecule has 62 valence electrons. The molecule has 0 heterocycles. The summed E-state index contributed by atoms with van der Waals surface area (Å²) < 4.78 is 0. The van der Waals surface area contributed by atoms with E-state index in [0.29, 0.717) is 0 Å². The molecule has 2 nitrogen and oxygen atoms in total. The van der Waals surface area contributed by atoms with Gasteiger partial charge in [-0.25, -0.2) is 0 Å². The van der Waals surface area contributed by atoms with Gasteiger partial charge in [-0.3, -0.25) is 0 Å². The van der Waals surface area contributed by atoms with Crippen molar-refractivity contribution in [2.45, 2.75) is 33.8 Å². The summed E-state index contributed by atoms with van der Waals surface area (Å²) >= 11 is 0. The molecule has 0 radical (unpaired) electrons. The van der Waals surface area contributed by atoms with Crippen LogP contribution in [0.2, 0.25) is 0 Å². The summed E-state index contributed by atoms with van der Waals surface area (Å²) in [5, 5.41) is 18.3. The van der Waals surface area contributed by atoms with E-state index >= 15 is 0 Å². The highest BCUT2D eigenvalue weighted by molar-refractivity contribution is 5.16. The van der Waals surface area contributed by atoms with Crippen LogP contribution in [0.5, 0.6) is 0 Å². The van der Waals surface area contributed by atoms with E-state index in [1.54, 1.807) is 0 Å². The molecule has 0 saturated heterocycles. The minimum absolute atomic E-state index is 0.0544. The number of aliphatic hydroxyl groups excluding tert-OH is 1. The molecule has 0 aromatic rings. The van der Waals surface area contributed by atoms with Crippen LogP contribution in [0.15, 0.2) is 0 Å². The lowest BCUT2D eigenvalue weighted by Gasteiger charge is -2.59. The second kappa shape index (κ2) is 1.98. The maximum absolute atomic E-state index is 9.55. The first-order valence-electron chi connectivity index (χ1n) is 3.93. The van der Waals surface area contributed by atoms with Gasteiger partial charge < -0.3 is 5.11 Å². The van der Waals surface area contributed by atoms with E-state index in [2.05, 4.69) is 6.07 Å². The monoisotopic (exact) mass is 153 g/mol. The molecule has 0 amide bonds. The van der Waals surface area contributed by atoms with Gasteiger partial charge in [0.05, 0.1) is 18.1 Å². The molecule has 2 heteroatoms. The Kier molecular flexibility index (Phi) is 1.54. The van der Waals surface area contributed by atoms with Crippen molar-refractivity contribution in [1.82, 2.24) is 0 Å². The van der Waals surface area contributed by atoms with Crippen LogP contribution in [0.4, 0.5) is 0 Å². The number of hydrogen-bond acceptors (Lipinski definition) is 2. The molecular weight excluding hydrogens is 138 g/mol. The lowest BCUT2D eigenvalue weighted by atomic mass is 9.45. The maximum atomic E-state index is 9.55. The summed E-state index contributed by atoms with van der Waals surface area (Å²) in [5.41, 5.74) is -0.172. The smallest absolute Gasteiger partial charge is 0.0785 e. The maximum Gasteiger partial charge on any atom is 0.0785 e. The molecule has 2 unspecified atom stereocenters. The highest BCUT2D eigenvalue weighted by atomic mass is 16.3. The Hall–Kier alpha value is -0.550. The molecule has 1 aliphatic rings. The van der Waals surface area contributed by atoms with Crippen LogP contribution in [0, 0.1) is 28.1 Å². The van der Waals surface area contributed by atoms with E-state index in [9.17, 15) is 5.11 Å². The average Bonchev–Trinajstić information content (AvgIpc) is 1.88. The topological polar surface area (TPSA) is 44.0 Å². The van der Waals surface area contributed by atoms with Gasteiger partial charge in [0.15, 0.2) is 0 Å². The first-order valence-corrected chi connectivity index (χ1v) is 3.93. The van der Waals surface area contributed by atoms with E-state index in [1.165, 1.54) is 0 Å². The van der Waals surface area contributed by atoms with Crippen LogP contribution >= 0.6 is 0 Å². The molecule has 0 spiro atoms. The summed E-state index contributed by atoms with van der Waals surface area (Å²) in [4.78, 5) is 0. The van der Waals surface area contributed by atoms with Crippen molar-refractivity contribution in [2.24, 2.45) is 16.7 Å². The SMILES string of the molecule is CC1(C)C(O)C(C#N)C1(C)C. The fraction of sp³-hybridized carbons (Fsp3) is 0.889. The number of rotatable bonds is 0. The minimum Gasteiger partial charge on any atom is -0.391 e. The predicted octanol–water partition coefficient (Wildman–Crippen LogP) is 1.55. The van der Waals surface area contributed by atoms with Gasteiger partial charge in [-0.05, 0) is 10.8 Å². The van der Waals surface area contributed by atoms with Gasteiger partial charge in [0.1, 0.15) is 0 Å². The van der Waals surface area contributed by atoms with Gasteiger partial charge in [-0.2, -0.15) is 5.26 Å². The standard InChI is InChI=1S/C9H15NO/c1-8(2)6(5-10)7(11)9(8,3)4/h6-7,11H,1-4H3. The zero-order valence-electron chi connectivity index (χ0n) is 7.55. The quantitative estimate of drug-likeness (QED) is 0.574. The van der Waals surface area contributed by atoms with E-state index in [0.717, 1.165) is 0 Å². The Bertz CT molecular complexity index is 212. The third kappa shape index (κ3) is 0.750. The predicted molar refractivity (Wildman–Crippen MR) is 42.7 cm³/mol. The molecule has 11 heavy (non-hydrogen) atoms. The number of aliphatic hydroxyl groups is 1. The van der Waals surface area contributed by atoms with Gasteiger partial charge in [0, 0.05) is 0 Å². The molecule has 0 aromatic heterocycles. The van der Waals surface area contributed by atoms with Crippen LogP contribution in [-0.4, -0.2) is 11.2 Å². The van der Waals surface area contributed by atoms with E-state index in [4.69, 9.17) is 5.26 Å². The molecule has 0 bridgehead atoms. The lowest BCUT2D eigenvalue weighted by molar-refractivity contribution is -0.189. The molecule has 0 aromatic carbocycles. The third-order valence-electron chi connectivity index (χ3n) is 3.63. The first-order chi connectivity index (χ1) is 4.85. The zero-order valence-corrected chi connectivity index (χ0v) is 7.55. The number of nitrogens with zero attached hydrogens (tertiary/aromatic N) is 1. The van der Waals surface area contributed by atoms with Crippen molar-refractivity contribution in [3.63, 3.8) is 0 Å². The Morgan fingerprint density at radius 1 is 1.18 bits per heavy atom. The van der Waals surface area contributed by atoms with Gasteiger partial charge in [-0.15, -0.1) is 0 Å². The van der Waals surface area contributed by atoms with Gasteiger partial charge in [0.25, 0.3) is 0 Å². The summed E-state index contributed by atoms with van der Waals surface area (Å²) in [6.07, 6.45) is -0.456. The van der Waals surface area contributed by atoms with Crippen molar-refractivity contribution in [3.05, 3.63) is 0 Å². The van der Waals surface area contributed by atoms with E-state index in [-0.39, 0.29) is 16.7 Å². The van der Waals surface area contributed by atoms with Crippen LogP contribution < -0.4 is 0 Å². The Labute approximate surface area is 67.8 Å². The molecule has 2 atom stereocenters. The lowest BCUT2D eigenvalue weighted by Crippen LogP contribution is -2.62. The number of hydrogen-bond donors (Lipinski definition) is 1. The zero-order chi connectivity index (χ0) is 8.86. The van der Waals surface area contributed by atoms with Crippen LogP contribution in [-0.2, 0) is 0 Å². The number of nitriles is 1. The second-order valence-electron chi connectivity index (χ2n) is 4.49. The summed E-state index contributed by atoms with van der Waals surface area (Å²) in [5.74, 6) is -0.197. The Morgan fingerprint density at radius 3 is 1.82 bits per heavy atom. The Balaban J connectivity index is 2.90. The van der Waals surface area contributed by atoms with Gasteiger partial charge >= 0.3 is 0 Å². The third-order valence-corrected chi connectivity index (χ3v) is 3.63. The minimum atomic E-state index is -0.456. The van der Waals surface area contributed by atoms with Crippen molar-refractivity contribution in [3.8, 4) is 6.07 Å². The summed E-state index contributed by atoms with van der Waals surface area (Å²) in [6.45, 7) is 8.08. The van der Waals surface area contributed by atoms with E-state index < -0.39 is 6.10 Å². The van der Waals surface area contributed by atoms with Crippen LogP contribution in [0.25, 0.3) is 0 Å². The van der Waals surface area contributed by atoms with Crippen molar-refractivity contribution >= 4 is 0 Å². The fourth-order valence-electron chi connectivity index (χ4n) is 1.73. The molecule has 1 aliphatic carbocycles. The normalized spacial score (nSPS) is 38.9. The second-order valence-corrected chi connectivity index (χ2v) is 4.49. The molecular formula is C9H15NO. The molecule has 1 saturated carbocycles. The average molecular weight is 153 g/mol.